The molecule has 5 heteroatoms. The summed E-state index contributed by atoms with van der Waals surface area (Å²) in [5, 5.41) is 3.53. The SMILES string of the molecule is CCNC(c1cnc(OC)nc1)C1CCOCC1. The van der Waals surface area contributed by atoms with Crippen LogP contribution in [0.1, 0.15) is 31.4 Å². The van der Waals surface area contributed by atoms with Gasteiger partial charge in [-0.2, -0.15) is 0 Å². The summed E-state index contributed by atoms with van der Waals surface area (Å²) in [6.07, 6.45) is 5.89. The third-order valence-electron chi connectivity index (χ3n) is 3.35. The quantitative estimate of drug-likeness (QED) is 0.860. The molecular formula is C13H21N3O2. The van der Waals surface area contributed by atoms with Crippen LogP contribution >= 0.6 is 0 Å². The third kappa shape index (κ3) is 3.17. The Bertz CT molecular complexity index is 350. The number of ether oxygens (including phenoxy) is 2. The summed E-state index contributed by atoms with van der Waals surface area (Å²) in [5.74, 6) is 0.593. The molecule has 1 saturated heterocycles. The van der Waals surface area contributed by atoms with E-state index in [-0.39, 0.29) is 0 Å². The van der Waals surface area contributed by atoms with Crippen LogP contribution in [0.5, 0.6) is 6.01 Å². The minimum Gasteiger partial charge on any atom is -0.467 e. The second-order valence-electron chi connectivity index (χ2n) is 4.49. The Hall–Kier alpha value is -1.20. The number of methoxy groups -OCH3 is 1. The third-order valence-corrected chi connectivity index (χ3v) is 3.35. The van der Waals surface area contributed by atoms with Gasteiger partial charge in [0.05, 0.1) is 7.11 Å². The van der Waals surface area contributed by atoms with Crippen molar-refractivity contribution in [3.63, 3.8) is 0 Å². The van der Waals surface area contributed by atoms with Crippen molar-refractivity contribution in [2.75, 3.05) is 26.9 Å². The highest BCUT2D eigenvalue weighted by atomic mass is 16.5. The molecule has 1 aliphatic heterocycles. The van der Waals surface area contributed by atoms with Crippen LogP contribution in [-0.2, 0) is 4.74 Å². The first-order valence-corrected chi connectivity index (χ1v) is 6.52. The number of hydrogen-bond donors (Lipinski definition) is 1. The van der Waals surface area contributed by atoms with E-state index in [2.05, 4.69) is 22.2 Å². The summed E-state index contributed by atoms with van der Waals surface area (Å²) in [6.45, 7) is 4.76. The summed E-state index contributed by atoms with van der Waals surface area (Å²) in [6, 6.07) is 0.728. The standard InChI is InChI=1S/C13H21N3O2/c1-3-14-12(10-4-6-18-7-5-10)11-8-15-13(17-2)16-9-11/h8-10,12,14H,3-7H2,1-2H3. The van der Waals surface area contributed by atoms with E-state index >= 15 is 0 Å². The molecule has 0 aromatic carbocycles. The van der Waals surface area contributed by atoms with Crippen LogP contribution in [0.2, 0.25) is 0 Å². The average Bonchev–Trinajstić information content (AvgIpc) is 2.46. The first kappa shape index (κ1) is 13.2. The average molecular weight is 251 g/mol. The Morgan fingerprint density at radius 2 is 2.06 bits per heavy atom. The van der Waals surface area contributed by atoms with E-state index in [1.54, 1.807) is 7.11 Å². The molecule has 1 fully saturated rings. The molecule has 0 spiro atoms. The van der Waals surface area contributed by atoms with Crippen molar-refractivity contribution in [1.82, 2.24) is 15.3 Å². The molecule has 0 bridgehead atoms. The molecule has 100 valence electrons. The molecule has 2 rings (SSSR count). The van der Waals surface area contributed by atoms with Gasteiger partial charge in [-0.25, -0.2) is 9.97 Å². The minimum absolute atomic E-state index is 0.310. The zero-order valence-corrected chi connectivity index (χ0v) is 11.1. The first-order valence-electron chi connectivity index (χ1n) is 6.52. The van der Waals surface area contributed by atoms with E-state index in [1.807, 2.05) is 12.4 Å². The van der Waals surface area contributed by atoms with Crippen molar-refractivity contribution in [3.8, 4) is 6.01 Å². The maximum Gasteiger partial charge on any atom is 0.316 e. The monoisotopic (exact) mass is 251 g/mol. The van der Waals surface area contributed by atoms with Crippen LogP contribution < -0.4 is 10.1 Å². The highest BCUT2D eigenvalue weighted by molar-refractivity contribution is 5.14. The van der Waals surface area contributed by atoms with E-state index in [0.29, 0.717) is 18.0 Å². The van der Waals surface area contributed by atoms with Gasteiger partial charge >= 0.3 is 6.01 Å². The van der Waals surface area contributed by atoms with E-state index in [9.17, 15) is 0 Å². The number of rotatable bonds is 5. The lowest BCUT2D eigenvalue weighted by Crippen LogP contribution is -2.32. The predicted octanol–water partition coefficient (Wildman–Crippen LogP) is 1.56. The molecule has 1 aromatic heterocycles. The van der Waals surface area contributed by atoms with Crippen LogP contribution in [0, 0.1) is 5.92 Å². The second kappa shape index (κ2) is 6.66. The highest BCUT2D eigenvalue weighted by Gasteiger charge is 2.25. The highest BCUT2D eigenvalue weighted by Crippen LogP contribution is 2.29. The summed E-state index contributed by atoms with van der Waals surface area (Å²) >= 11 is 0. The smallest absolute Gasteiger partial charge is 0.316 e. The van der Waals surface area contributed by atoms with Gasteiger partial charge in [0.2, 0.25) is 0 Å². The minimum atomic E-state index is 0.310. The molecule has 1 N–H and O–H groups in total. The van der Waals surface area contributed by atoms with E-state index in [4.69, 9.17) is 9.47 Å². The van der Waals surface area contributed by atoms with E-state index in [0.717, 1.165) is 38.2 Å². The molecule has 5 nitrogen and oxygen atoms in total. The molecule has 18 heavy (non-hydrogen) atoms. The normalized spacial score (nSPS) is 18.6. The number of aromatic nitrogens is 2. The number of nitrogens with one attached hydrogen (secondary N) is 1. The van der Waals surface area contributed by atoms with Gasteiger partial charge in [-0.3, -0.25) is 0 Å². The van der Waals surface area contributed by atoms with Crippen molar-refractivity contribution in [2.45, 2.75) is 25.8 Å². The lowest BCUT2D eigenvalue weighted by molar-refractivity contribution is 0.0537. The van der Waals surface area contributed by atoms with E-state index < -0.39 is 0 Å². The van der Waals surface area contributed by atoms with Gasteiger partial charge in [-0.05, 0) is 25.3 Å². The molecular weight excluding hydrogens is 230 g/mol. The van der Waals surface area contributed by atoms with Gasteiger partial charge in [0.1, 0.15) is 0 Å². The molecule has 1 aliphatic rings. The Labute approximate surface area is 108 Å². The van der Waals surface area contributed by atoms with Gasteiger partial charge in [0.15, 0.2) is 0 Å². The zero-order valence-electron chi connectivity index (χ0n) is 11.1. The lowest BCUT2D eigenvalue weighted by Gasteiger charge is -2.30. The van der Waals surface area contributed by atoms with Crippen LogP contribution in [0.15, 0.2) is 12.4 Å². The Morgan fingerprint density at radius 1 is 1.39 bits per heavy atom. The fourth-order valence-electron chi connectivity index (χ4n) is 2.42. The molecule has 1 atom stereocenters. The topological polar surface area (TPSA) is 56.3 Å². The van der Waals surface area contributed by atoms with Gasteiger partial charge in [0.25, 0.3) is 0 Å². The summed E-state index contributed by atoms with van der Waals surface area (Å²) in [4.78, 5) is 8.38. The lowest BCUT2D eigenvalue weighted by atomic mass is 9.88. The molecule has 1 unspecified atom stereocenters. The largest absolute Gasteiger partial charge is 0.467 e. The molecule has 0 aliphatic carbocycles. The predicted molar refractivity (Wildman–Crippen MR) is 68.5 cm³/mol. The molecule has 0 amide bonds. The van der Waals surface area contributed by atoms with E-state index in [1.165, 1.54) is 0 Å². The number of hydrogen-bond acceptors (Lipinski definition) is 5. The fraction of sp³-hybridized carbons (Fsp3) is 0.692. The summed E-state index contributed by atoms with van der Waals surface area (Å²) in [7, 11) is 1.58. The van der Waals surface area contributed by atoms with Gasteiger partial charge in [0, 0.05) is 37.2 Å². The molecule has 2 heterocycles. The number of nitrogens with zero attached hydrogens (tertiary/aromatic N) is 2. The molecule has 0 radical (unpaired) electrons. The van der Waals surface area contributed by atoms with Crippen molar-refractivity contribution < 1.29 is 9.47 Å². The van der Waals surface area contributed by atoms with Crippen LogP contribution in [0.3, 0.4) is 0 Å². The van der Waals surface area contributed by atoms with Crippen molar-refractivity contribution in [2.24, 2.45) is 5.92 Å². The molecule has 0 saturated carbocycles. The summed E-state index contributed by atoms with van der Waals surface area (Å²) in [5.41, 5.74) is 1.13. The Kier molecular flexibility index (Phi) is 4.90. The summed E-state index contributed by atoms with van der Waals surface area (Å²) < 4.78 is 10.4. The Morgan fingerprint density at radius 3 is 2.61 bits per heavy atom. The van der Waals surface area contributed by atoms with Crippen molar-refractivity contribution in [1.29, 1.82) is 0 Å². The maximum atomic E-state index is 5.42. The van der Waals surface area contributed by atoms with Crippen LogP contribution in [0.4, 0.5) is 0 Å². The molecule has 1 aromatic rings. The second-order valence-corrected chi connectivity index (χ2v) is 4.49. The van der Waals surface area contributed by atoms with Crippen molar-refractivity contribution in [3.05, 3.63) is 18.0 Å². The van der Waals surface area contributed by atoms with Gasteiger partial charge < -0.3 is 14.8 Å². The van der Waals surface area contributed by atoms with Gasteiger partial charge in [-0.1, -0.05) is 6.92 Å². The maximum absolute atomic E-state index is 5.42. The Balaban J connectivity index is 2.11. The first-order chi connectivity index (χ1) is 8.85. The van der Waals surface area contributed by atoms with Gasteiger partial charge in [-0.15, -0.1) is 0 Å². The fourth-order valence-corrected chi connectivity index (χ4v) is 2.42. The zero-order chi connectivity index (χ0) is 12.8. The van der Waals surface area contributed by atoms with Crippen molar-refractivity contribution >= 4 is 0 Å². The van der Waals surface area contributed by atoms with Crippen LogP contribution in [0.25, 0.3) is 0 Å². The van der Waals surface area contributed by atoms with Crippen LogP contribution in [-0.4, -0.2) is 36.8 Å².